The van der Waals surface area contributed by atoms with Crippen molar-refractivity contribution in [2.45, 2.75) is 0 Å². The molecular formula is C25H21N3O4. The van der Waals surface area contributed by atoms with Crippen LogP contribution in [0.1, 0.15) is 10.4 Å². The van der Waals surface area contributed by atoms with Gasteiger partial charge in [-0.2, -0.15) is 0 Å². The van der Waals surface area contributed by atoms with Crippen molar-refractivity contribution >= 4 is 11.6 Å². The number of hydrogen-bond acceptors (Lipinski definition) is 6. The zero-order chi connectivity index (χ0) is 22.3. The lowest BCUT2D eigenvalue weighted by molar-refractivity contribution is 0.102. The lowest BCUT2D eigenvalue weighted by Crippen LogP contribution is -2.11. The summed E-state index contributed by atoms with van der Waals surface area (Å²) >= 11 is 0. The monoisotopic (exact) mass is 427 g/mol. The molecule has 0 aliphatic heterocycles. The highest BCUT2D eigenvalue weighted by Crippen LogP contribution is 2.25. The smallest absolute Gasteiger partial charge is 0.255 e. The van der Waals surface area contributed by atoms with Crippen molar-refractivity contribution in [2.24, 2.45) is 0 Å². The molecule has 1 heterocycles. The van der Waals surface area contributed by atoms with Gasteiger partial charge in [0.1, 0.15) is 17.2 Å². The topological polar surface area (TPSA) is 82.6 Å². The molecule has 4 aromatic rings. The fourth-order valence-electron chi connectivity index (χ4n) is 3.01. The van der Waals surface area contributed by atoms with Gasteiger partial charge in [-0.25, -0.2) is 0 Å². The van der Waals surface area contributed by atoms with Gasteiger partial charge in [0.15, 0.2) is 0 Å². The number of aromatic nitrogens is 2. The first kappa shape index (κ1) is 20.9. The Morgan fingerprint density at radius 3 is 2.22 bits per heavy atom. The second-order valence-electron chi connectivity index (χ2n) is 6.80. The number of nitrogens with zero attached hydrogens (tertiary/aromatic N) is 2. The van der Waals surface area contributed by atoms with E-state index in [9.17, 15) is 4.79 Å². The molecule has 0 aliphatic carbocycles. The Bertz CT molecular complexity index is 1210. The predicted octanol–water partition coefficient (Wildman–Crippen LogP) is 5.21. The highest BCUT2D eigenvalue weighted by Gasteiger charge is 2.10. The molecule has 0 fully saturated rings. The minimum atomic E-state index is -0.219. The van der Waals surface area contributed by atoms with Crippen LogP contribution in [-0.2, 0) is 0 Å². The van der Waals surface area contributed by atoms with Gasteiger partial charge < -0.3 is 19.5 Å². The molecule has 1 amide bonds. The lowest BCUT2D eigenvalue weighted by Gasteiger charge is -2.08. The molecule has 0 bridgehead atoms. The first-order valence-corrected chi connectivity index (χ1v) is 9.86. The summed E-state index contributed by atoms with van der Waals surface area (Å²) in [6.07, 6.45) is 0. The van der Waals surface area contributed by atoms with Crippen molar-refractivity contribution in [3.05, 3.63) is 90.5 Å². The summed E-state index contributed by atoms with van der Waals surface area (Å²) < 4.78 is 16.1. The van der Waals surface area contributed by atoms with Crippen molar-refractivity contribution < 1.29 is 19.0 Å². The molecule has 7 heteroatoms. The van der Waals surface area contributed by atoms with Crippen LogP contribution in [0, 0.1) is 0 Å². The molecule has 0 radical (unpaired) electrons. The van der Waals surface area contributed by atoms with Crippen molar-refractivity contribution in [3.8, 4) is 34.4 Å². The summed E-state index contributed by atoms with van der Waals surface area (Å²) in [4.78, 5) is 12.7. The van der Waals surface area contributed by atoms with Gasteiger partial charge in [0.05, 0.1) is 19.9 Å². The third-order valence-corrected chi connectivity index (χ3v) is 4.67. The Balaban J connectivity index is 1.46. The molecule has 4 rings (SSSR count). The molecule has 0 atom stereocenters. The Morgan fingerprint density at radius 1 is 0.750 bits per heavy atom. The van der Waals surface area contributed by atoms with Gasteiger partial charge in [0.25, 0.3) is 5.91 Å². The first-order chi connectivity index (χ1) is 15.6. The highest BCUT2D eigenvalue weighted by atomic mass is 16.5. The van der Waals surface area contributed by atoms with Crippen LogP contribution in [0.5, 0.6) is 23.1 Å². The van der Waals surface area contributed by atoms with E-state index in [4.69, 9.17) is 14.2 Å². The van der Waals surface area contributed by atoms with Gasteiger partial charge in [0.2, 0.25) is 5.88 Å². The largest absolute Gasteiger partial charge is 0.497 e. The van der Waals surface area contributed by atoms with E-state index in [0.717, 1.165) is 11.3 Å². The van der Waals surface area contributed by atoms with Gasteiger partial charge in [-0.3, -0.25) is 4.79 Å². The molecule has 160 valence electrons. The molecule has 32 heavy (non-hydrogen) atoms. The maximum atomic E-state index is 12.7. The van der Waals surface area contributed by atoms with Gasteiger partial charge in [-0.1, -0.05) is 18.2 Å². The van der Waals surface area contributed by atoms with Gasteiger partial charge in [0, 0.05) is 28.9 Å². The van der Waals surface area contributed by atoms with E-state index in [-0.39, 0.29) is 5.91 Å². The minimum absolute atomic E-state index is 0.219. The summed E-state index contributed by atoms with van der Waals surface area (Å²) in [5.41, 5.74) is 2.59. The second-order valence-corrected chi connectivity index (χ2v) is 6.80. The number of anilines is 1. The van der Waals surface area contributed by atoms with E-state index in [2.05, 4.69) is 15.5 Å². The average molecular weight is 427 g/mol. The van der Waals surface area contributed by atoms with Crippen LogP contribution >= 0.6 is 0 Å². The third kappa shape index (κ3) is 5.02. The summed E-state index contributed by atoms with van der Waals surface area (Å²) in [5, 5.41) is 11.3. The van der Waals surface area contributed by atoms with Crippen LogP contribution in [0.3, 0.4) is 0 Å². The average Bonchev–Trinajstić information content (AvgIpc) is 2.85. The summed E-state index contributed by atoms with van der Waals surface area (Å²) in [5.74, 6) is 2.15. The summed E-state index contributed by atoms with van der Waals surface area (Å²) in [6.45, 7) is 0. The molecule has 1 N–H and O–H groups in total. The summed E-state index contributed by atoms with van der Waals surface area (Å²) in [6, 6.07) is 25.1. The Morgan fingerprint density at radius 2 is 1.50 bits per heavy atom. The van der Waals surface area contributed by atoms with Gasteiger partial charge >= 0.3 is 0 Å². The molecule has 0 saturated carbocycles. The quantitative estimate of drug-likeness (QED) is 0.436. The number of carbonyl (C=O) groups excluding carboxylic acids is 1. The maximum Gasteiger partial charge on any atom is 0.255 e. The maximum absolute atomic E-state index is 12.7. The number of rotatable bonds is 7. The SMILES string of the molecule is COc1ccc(NC(=O)c2cccc(-c3ccc(Oc4cccc(OC)c4)nn3)c2)cc1. The van der Waals surface area contributed by atoms with Gasteiger partial charge in [-0.15, -0.1) is 10.2 Å². The molecule has 0 spiro atoms. The molecule has 1 aromatic heterocycles. The number of methoxy groups -OCH3 is 2. The standard InChI is InChI=1S/C25H21N3O4/c1-30-20-11-9-19(10-12-20)26-25(29)18-6-3-5-17(15-18)23-13-14-24(28-27-23)32-22-8-4-7-21(16-22)31-2/h3-16H,1-2H3,(H,26,29). The molecule has 0 aliphatic rings. The highest BCUT2D eigenvalue weighted by molar-refractivity contribution is 6.04. The fourth-order valence-corrected chi connectivity index (χ4v) is 3.01. The molecule has 7 nitrogen and oxygen atoms in total. The van der Waals surface area contributed by atoms with E-state index < -0.39 is 0 Å². The fraction of sp³-hybridized carbons (Fsp3) is 0.0800. The first-order valence-electron chi connectivity index (χ1n) is 9.86. The molecule has 0 unspecified atom stereocenters. The van der Waals surface area contributed by atoms with Crippen LogP contribution in [0.15, 0.2) is 84.9 Å². The molecule has 3 aromatic carbocycles. The predicted molar refractivity (Wildman–Crippen MR) is 121 cm³/mol. The normalized spacial score (nSPS) is 10.3. The number of nitrogens with one attached hydrogen (secondary N) is 1. The number of carbonyl (C=O) groups is 1. The molecule has 0 saturated heterocycles. The Hall–Kier alpha value is -4.39. The van der Waals surface area contributed by atoms with Gasteiger partial charge in [-0.05, 0) is 54.6 Å². The van der Waals surface area contributed by atoms with E-state index in [1.165, 1.54) is 0 Å². The van der Waals surface area contributed by atoms with Crippen LogP contribution in [0.4, 0.5) is 5.69 Å². The van der Waals surface area contributed by atoms with Crippen LogP contribution in [-0.4, -0.2) is 30.3 Å². The minimum Gasteiger partial charge on any atom is -0.497 e. The Labute approximate surface area is 185 Å². The second kappa shape index (κ2) is 9.61. The Kier molecular flexibility index (Phi) is 6.27. The number of benzene rings is 3. The summed E-state index contributed by atoms with van der Waals surface area (Å²) in [7, 11) is 3.19. The van der Waals surface area contributed by atoms with E-state index in [1.54, 1.807) is 74.9 Å². The van der Waals surface area contributed by atoms with Crippen molar-refractivity contribution in [1.82, 2.24) is 10.2 Å². The van der Waals surface area contributed by atoms with Crippen LogP contribution < -0.4 is 19.5 Å². The third-order valence-electron chi connectivity index (χ3n) is 4.67. The zero-order valence-electron chi connectivity index (χ0n) is 17.6. The van der Waals surface area contributed by atoms with E-state index >= 15 is 0 Å². The van der Waals surface area contributed by atoms with Crippen LogP contribution in [0.25, 0.3) is 11.3 Å². The lowest BCUT2D eigenvalue weighted by atomic mass is 10.1. The van der Waals surface area contributed by atoms with Crippen molar-refractivity contribution in [3.63, 3.8) is 0 Å². The van der Waals surface area contributed by atoms with Crippen molar-refractivity contribution in [2.75, 3.05) is 19.5 Å². The number of amides is 1. The molecular weight excluding hydrogens is 406 g/mol. The number of hydrogen-bond donors (Lipinski definition) is 1. The van der Waals surface area contributed by atoms with E-state index in [0.29, 0.717) is 34.3 Å². The van der Waals surface area contributed by atoms with E-state index in [1.807, 2.05) is 24.3 Å². The zero-order valence-corrected chi connectivity index (χ0v) is 17.6. The number of ether oxygens (including phenoxy) is 3. The van der Waals surface area contributed by atoms with Crippen LogP contribution in [0.2, 0.25) is 0 Å². The van der Waals surface area contributed by atoms with Crippen molar-refractivity contribution in [1.29, 1.82) is 0 Å².